The van der Waals surface area contributed by atoms with E-state index in [9.17, 15) is 9.90 Å². The van der Waals surface area contributed by atoms with Crippen molar-refractivity contribution in [3.8, 4) is 0 Å². The minimum Gasteiger partial charge on any atom is -0.391 e. The number of aryl methyl sites for hydroxylation is 1. The fraction of sp³-hybridized carbons (Fsp3) is 0.556. The van der Waals surface area contributed by atoms with E-state index < -0.39 is 0 Å². The molecular formula is C18H26N6O2. The Morgan fingerprint density at radius 3 is 2.96 bits per heavy atom. The lowest BCUT2D eigenvalue weighted by Gasteiger charge is -2.21. The zero-order chi connectivity index (χ0) is 18.3. The van der Waals surface area contributed by atoms with Crippen molar-refractivity contribution in [1.82, 2.24) is 25.3 Å². The molecule has 2 saturated heterocycles. The highest BCUT2D eigenvalue weighted by molar-refractivity contribution is 5.97. The van der Waals surface area contributed by atoms with Gasteiger partial charge < -0.3 is 19.5 Å². The number of fused-ring (bicyclic) bond motifs is 1. The summed E-state index contributed by atoms with van der Waals surface area (Å²) in [5, 5.41) is 9.78. The molecule has 0 aliphatic carbocycles. The lowest BCUT2D eigenvalue weighted by Crippen LogP contribution is -2.41. The molecule has 2 aromatic rings. The van der Waals surface area contributed by atoms with Crippen molar-refractivity contribution in [3.05, 3.63) is 23.8 Å². The van der Waals surface area contributed by atoms with E-state index in [1.165, 1.54) is 0 Å². The lowest BCUT2D eigenvalue weighted by molar-refractivity contribution is 0.0783. The third kappa shape index (κ3) is 3.15. The molecule has 3 heterocycles. The number of anilines is 1. The van der Waals surface area contributed by atoms with E-state index in [1.54, 1.807) is 4.90 Å². The summed E-state index contributed by atoms with van der Waals surface area (Å²) < 4.78 is 2.03. The van der Waals surface area contributed by atoms with Crippen LogP contribution >= 0.6 is 0 Å². The largest absolute Gasteiger partial charge is 0.391 e. The Labute approximate surface area is 152 Å². The maximum absolute atomic E-state index is 12.8. The monoisotopic (exact) mass is 358 g/mol. The second kappa shape index (κ2) is 6.86. The van der Waals surface area contributed by atoms with E-state index in [0.717, 1.165) is 42.9 Å². The van der Waals surface area contributed by atoms with Crippen LogP contribution in [0.15, 0.2) is 18.2 Å². The van der Waals surface area contributed by atoms with Gasteiger partial charge in [0.25, 0.3) is 5.91 Å². The Bertz CT molecular complexity index is 813. The van der Waals surface area contributed by atoms with Gasteiger partial charge in [-0.25, -0.2) is 4.98 Å². The molecular weight excluding hydrogens is 332 g/mol. The van der Waals surface area contributed by atoms with Crippen molar-refractivity contribution in [2.45, 2.75) is 25.0 Å². The molecule has 0 saturated carbocycles. The number of hydrogen-bond acceptors (Lipinski definition) is 6. The van der Waals surface area contributed by atoms with Crippen LogP contribution < -0.4 is 15.8 Å². The third-order valence-electron chi connectivity index (χ3n) is 5.32. The number of imidazole rings is 1. The van der Waals surface area contributed by atoms with Gasteiger partial charge in [0, 0.05) is 51.9 Å². The van der Waals surface area contributed by atoms with Crippen LogP contribution in [0.1, 0.15) is 23.2 Å². The minimum absolute atomic E-state index is 0.00407. The summed E-state index contributed by atoms with van der Waals surface area (Å²) in [5.41, 5.74) is 8.73. The Kier molecular flexibility index (Phi) is 4.56. The fourth-order valence-corrected chi connectivity index (χ4v) is 3.83. The van der Waals surface area contributed by atoms with Gasteiger partial charge in [0.05, 0.1) is 17.1 Å². The quantitative estimate of drug-likeness (QED) is 0.718. The third-order valence-corrected chi connectivity index (χ3v) is 5.32. The zero-order valence-corrected chi connectivity index (χ0v) is 15.3. The summed E-state index contributed by atoms with van der Waals surface area (Å²) in [5.74, 6) is 0.847. The van der Waals surface area contributed by atoms with Crippen LogP contribution in [-0.2, 0) is 7.05 Å². The molecule has 1 aromatic carbocycles. The molecule has 8 heteroatoms. The van der Waals surface area contributed by atoms with Crippen molar-refractivity contribution < 1.29 is 9.90 Å². The molecule has 0 spiro atoms. The highest BCUT2D eigenvalue weighted by Gasteiger charge is 2.25. The first-order valence-corrected chi connectivity index (χ1v) is 9.16. The first-order chi connectivity index (χ1) is 12.5. The highest BCUT2D eigenvalue weighted by atomic mass is 16.3. The van der Waals surface area contributed by atoms with Crippen molar-refractivity contribution >= 4 is 22.9 Å². The summed E-state index contributed by atoms with van der Waals surface area (Å²) in [7, 11) is 3.81. The standard InChI is InChI=1S/C18H26N6O2/c1-22(10-13-5-7-19-21-13)17(26)12-3-4-16-15(9-12)20-18(23(16)2)24-8-6-14(25)11-24/h3-4,9,13-14,19,21,25H,5-8,10-11H2,1-2H3/t13?,14-/m0/s1. The van der Waals surface area contributed by atoms with Crippen molar-refractivity contribution in [1.29, 1.82) is 0 Å². The van der Waals surface area contributed by atoms with E-state index in [-0.39, 0.29) is 18.1 Å². The molecule has 26 heavy (non-hydrogen) atoms. The SMILES string of the molecule is CN(CC1CCNN1)C(=O)c1ccc2c(c1)nc(N1CC[C@H](O)C1)n2C. The predicted molar refractivity (Wildman–Crippen MR) is 100 cm³/mol. The number of hydrazine groups is 1. The zero-order valence-electron chi connectivity index (χ0n) is 15.3. The number of aliphatic hydroxyl groups excluding tert-OH is 1. The number of rotatable bonds is 4. The van der Waals surface area contributed by atoms with E-state index in [4.69, 9.17) is 4.98 Å². The highest BCUT2D eigenvalue weighted by Crippen LogP contribution is 2.25. The molecule has 2 fully saturated rings. The molecule has 3 N–H and O–H groups in total. The Morgan fingerprint density at radius 2 is 2.27 bits per heavy atom. The number of carbonyl (C=O) groups excluding carboxylic acids is 1. The predicted octanol–water partition coefficient (Wildman–Crippen LogP) is 0.0828. The van der Waals surface area contributed by atoms with Gasteiger partial charge in [-0.05, 0) is 31.0 Å². The van der Waals surface area contributed by atoms with E-state index in [0.29, 0.717) is 18.7 Å². The maximum atomic E-state index is 12.8. The molecule has 2 atom stereocenters. The van der Waals surface area contributed by atoms with Gasteiger partial charge in [0.15, 0.2) is 0 Å². The summed E-state index contributed by atoms with van der Waals surface area (Å²) in [6.45, 7) is 3.01. The molecule has 0 radical (unpaired) electrons. The average Bonchev–Trinajstić information content (AvgIpc) is 3.35. The van der Waals surface area contributed by atoms with Crippen LogP contribution in [0, 0.1) is 0 Å². The molecule has 2 aliphatic heterocycles. The average molecular weight is 358 g/mol. The summed E-state index contributed by atoms with van der Waals surface area (Å²) in [4.78, 5) is 21.3. The number of nitrogens with one attached hydrogen (secondary N) is 2. The second-order valence-corrected chi connectivity index (χ2v) is 7.31. The summed E-state index contributed by atoms with van der Waals surface area (Å²) >= 11 is 0. The number of aromatic nitrogens is 2. The van der Waals surface area contributed by atoms with Gasteiger partial charge in [-0.2, -0.15) is 0 Å². The Balaban J connectivity index is 1.56. The van der Waals surface area contributed by atoms with Crippen molar-refractivity contribution in [2.75, 3.05) is 38.1 Å². The van der Waals surface area contributed by atoms with E-state index in [1.807, 2.05) is 36.9 Å². The van der Waals surface area contributed by atoms with Gasteiger partial charge in [0.2, 0.25) is 5.95 Å². The van der Waals surface area contributed by atoms with Crippen molar-refractivity contribution in [2.24, 2.45) is 7.05 Å². The maximum Gasteiger partial charge on any atom is 0.253 e. The Morgan fingerprint density at radius 1 is 1.42 bits per heavy atom. The number of benzene rings is 1. The molecule has 140 valence electrons. The van der Waals surface area contributed by atoms with Gasteiger partial charge in [-0.3, -0.25) is 15.6 Å². The normalized spacial score (nSPS) is 23.1. The fourth-order valence-electron chi connectivity index (χ4n) is 3.83. The van der Waals surface area contributed by atoms with E-state index >= 15 is 0 Å². The molecule has 8 nitrogen and oxygen atoms in total. The number of carbonyl (C=O) groups is 1. The van der Waals surface area contributed by atoms with E-state index in [2.05, 4.69) is 15.8 Å². The lowest BCUT2D eigenvalue weighted by atomic mass is 10.1. The van der Waals surface area contributed by atoms with Crippen LogP contribution in [-0.4, -0.2) is 70.8 Å². The van der Waals surface area contributed by atoms with Gasteiger partial charge in [-0.15, -0.1) is 0 Å². The number of nitrogens with zero attached hydrogens (tertiary/aromatic N) is 4. The first-order valence-electron chi connectivity index (χ1n) is 9.16. The molecule has 1 unspecified atom stereocenters. The number of likely N-dealkylation sites (N-methyl/N-ethyl adjacent to an activating group) is 1. The first kappa shape index (κ1) is 17.3. The number of aliphatic hydroxyl groups is 1. The molecule has 2 aliphatic rings. The molecule has 0 bridgehead atoms. The summed E-state index contributed by atoms with van der Waals surface area (Å²) in [6, 6.07) is 5.97. The van der Waals surface area contributed by atoms with Gasteiger partial charge >= 0.3 is 0 Å². The molecule has 1 amide bonds. The van der Waals surface area contributed by atoms with Gasteiger partial charge in [0.1, 0.15) is 0 Å². The van der Waals surface area contributed by atoms with Crippen LogP contribution in [0.25, 0.3) is 11.0 Å². The van der Waals surface area contributed by atoms with Gasteiger partial charge in [-0.1, -0.05) is 0 Å². The van der Waals surface area contributed by atoms with Crippen LogP contribution in [0.3, 0.4) is 0 Å². The molecule has 4 rings (SSSR count). The smallest absolute Gasteiger partial charge is 0.253 e. The number of hydrogen-bond donors (Lipinski definition) is 3. The Hall–Kier alpha value is -2.16. The van der Waals surface area contributed by atoms with Crippen LogP contribution in [0.4, 0.5) is 5.95 Å². The summed E-state index contributed by atoms with van der Waals surface area (Å²) in [6.07, 6.45) is 1.49. The second-order valence-electron chi connectivity index (χ2n) is 7.31. The minimum atomic E-state index is -0.292. The number of β-amino-alcohol motifs (C(OH)–C–C–N with tert-alkyl or cyclic N) is 1. The topological polar surface area (TPSA) is 85.7 Å². The van der Waals surface area contributed by atoms with Crippen LogP contribution in [0.2, 0.25) is 0 Å². The van der Waals surface area contributed by atoms with Crippen LogP contribution in [0.5, 0.6) is 0 Å². The van der Waals surface area contributed by atoms with Crippen molar-refractivity contribution in [3.63, 3.8) is 0 Å². The number of amides is 1. The molecule has 1 aromatic heterocycles.